The molecule has 0 spiro atoms. The van der Waals surface area contributed by atoms with Crippen molar-refractivity contribution in [2.45, 2.75) is 32.6 Å². The number of aromatic amines is 1. The normalized spacial score (nSPS) is 13.1. The van der Waals surface area contributed by atoms with E-state index in [1.54, 1.807) is 7.11 Å². The predicted octanol–water partition coefficient (Wildman–Crippen LogP) is 4.65. The molecule has 0 bridgehead atoms. The number of aryl methyl sites for hydroxylation is 3. The zero-order valence-electron chi connectivity index (χ0n) is 17.2. The zero-order valence-corrected chi connectivity index (χ0v) is 18.0. The summed E-state index contributed by atoms with van der Waals surface area (Å²) in [6, 6.07) is 10.1. The third-order valence-electron chi connectivity index (χ3n) is 5.48. The Bertz CT molecular complexity index is 1270. The number of tetrazole rings is 1. The molecule has 0 aliphatic heterocycles. The minimum absolute atomic E-state index is 0.107. The molecule has 0 radical (unpaired) electrons. The first-order valence-electron chi connectivity index (χ1n) is 10.1. The highest BCUT2D eigenvalue weighted by Gasteiger charge is 2.23. The van der Waals surface area contributed by atoms with Crippen LogP contribution in [0.2, 0.25) is 0 Å². The molecule has 9 heteroatoms. The zero-order chi connectivity index (χ0) is 21.4. The Morgan fingerprint density at radius 3 is 2.77 bits per heavy atom. The molecule has 5 rings (SSSR count). The molecule has 0 fully saturated rings. The van der Waals surface area contributed by atoms with Gasteiger partial charge in [0.25, 0.3) is 11.9 Å². The van der Waals surface area contributed by atoms with E-state index in [2.05, 4.69) is 38.1 Å². The number of fused-ring (bicyclic) bond motifs is 2. The second-order valence-electron chi connectivity index (χ2n) is 7.51. The summed E-state index contributed by atoms with van der Waals surface area (Å²) in [5, 5.41) is 16.9. The highest BCUT2D eigenvalue weighted by Crippen LogP contribution is 2.43. The van der Waals surface area contributed by atoms with Crippen LogP contribution in [0, 0.1) is 6.92 Å². The van der Waals surface area contributed by atoms with Gasteiger partial charge in [-0.25, -0.2) is 0 Å². The van der Waals surface area contributed by atoms with E-state index in [0.29, 0.717) is 16.4 Å². The van der Waals surface area contributed by atoms with Gasteiger partial charge in [-0.1, -0.05) is 11.2 Å². The monoisotopic (exact) mass is 435 g/mol. The predicted molar refractivity (Wildman–Crippen MR) is 118 cm³/mol. The van der Waals surface area contributed by atoms with E-state index in [-0.39, 0.29) is 11.9 Å². The summed E-state index contributed by atoms with van der Waals surface area (Å²) in [5.41, 5.74) is 3.68. The first-order valence-corrected chi connectivity index (χ1v) is 10.9. The molecule has 8 nitrogen and oxygen atoms in total. The highest BCUT2D eigenvalue weighted by molar-refractivity contribution is 7.21. The number of carbonyl (C=O) groups excluding carboxylic acids is 1. The van der Waals surface area contributed by atoms with Gasteiger partial charge in [0.2, 0.25) is 0 Å². The number of ether oxygens (including phenoxy) is 2. The molecular formula is C22H21N5O3S. The van der Waals surface area contributed by atoms with Crippen molar-refractivity contribution in [2.75, 3.05) is 12.4 Å². The van der Waals surface area contributed by atoms with Gasteiger partial charge in [-0.15, -0.1) is 16.4 Å². The number of methoxy groups -OCH3 is 1. The molecule has 2 aromatic heterocycles. The smallest absolute Gasteiger partial charge is 0.272 e. The fourth-order valence-corrected chi connectivity index (χ4v) is 5.04. The molecule has 2 N–H and O–H groups in total. The number of hydrogen-bond donors (Lipinski definition) is 2. The van der Waals surface area contributed by atoms with Crippen molar-refractivity contribution < 1.29 is 14.3 Å². The van der Waals surface area contributed by atoms with Gasteiger partial charge in [-0.3, -0.25) is 10.1 Å². The maximum Gasteiger partial charge on any atom is 0.272 e. The number of rotatable bonds is 5. The van der Waals surface area contributed by atoms with Crippen LogP contribution in [-0.2, 0) is 12.8 Å². The molecule has 0 saturated heterocycles. The molecule has 158 valence electrons. The second kappa shape index (κ2) is 7.99. The number of amides is 1. The highest BCUT2D eigenvalue weighted by atomic mass is 32.1. The summed E-state index contributed by atoms with van der Waals surface area (Å²) in [5.74, 6) is 1.71. The van der Waals surface area contributed by atoms with Crippen molar-refractivity contribution in [1.29, 1.82) is 0 Å². The number of anilines is 1. The summed E-state index contributed by atoms with van der Waals surface area (Å²) in [6.07, 6.45) is 4.57. The molecular weight excluding hydrogens is 414 g/mol. The van der Waals surface area contributed by atoms with Crippen LogP contribution in [0.3, 0.4) is 0 Å². The Hall–Kier alpha value is -3.46. The molecule has 1 aliphatic rings. The maximum atomic E-state index is 13.0. The fraction of sp³-hybridized carbons (Fsp3) is 0.273. The average Bonchev–Trinajstić information content (AvgIpc) is 3.41. The van der Waals surface area contributed by atoms with Crippen molar-refractivity contribution in [3.63, 3.8) is 0 Å². The largest absolute Gasteiger partial charge is 0.496 e. The number of nitrogens with zero attached hydrogens (tertiary/aromatic N) is 3. The van der Waals surface area contributed by atoms with Crippen molar-refractivity contribution in [3.05, 3.63) is 51.9 Å². The number of aromatic nitrogens is 4. The molecule has 1 aliphatic carbocycles. The number of benzene rings is 2. The van der Waals surface area contributed by atoms with Crippen LogP contribution >= 0.6 is 11.3 Å². The van der Waals surface area contributed by atoms with E-state index >= 15 is 0 Å². The van der Waals surface area contributed by atoms with Crippen LogP contribution in [0.5, 0.6) is 17.2 Å². The van der Waals surface area contributed by atoms with Crippen molar-refractivity contribution >= 4 is 33.3 Å². The minimum atomic E-state index is -0.354. The lowest BCUT2D eigenvalue weighted by Gasteiger charge is -2.17. The lowest BCUT2D eigenvalue weighted by Crippen LogP contribution is -2.12. The number of hydrogen-bond acceptors (Lipinski definition) is 7. The first-order chi connectivity index (χ1) is 15.1. The van der Waals surface area contributed by atoms with Crippen LogP contribution in [0.25, 0.3) is 10.1 Å². The SMILES string of the molecule is COc1cc2c(Oc3ccc4c(c3)CCCC4)c(C(=O)Nc3nn[nH]n3)sc2cc1C. The van der Waals surface area contributed by atoms with Crippen LogP contribution in [0.15, 0.2) is 30.3 Å². The molecule has 0 unspecified atom stereocenters. The third kappa shape index (κ3) is 3.72. The van der Waals surface area contributed by atoms with E-state index in [4.69, 9.17) is 9.47 Å². The molecule has 4 aromatic rings. The summed E-state index contributed by atoms with van der Waals surface area (Å²) < 4.78 is 12.8. The van der Waals surface area contributed by atoms with Crippen LogP contribution < -0.4 is 14.8 Å². The minimum Gasteiger partial charge on any atom is -0.496 e. The van der Waals surface area contributed by atoms with Gasteiger partial charge in [0.05, 0.1) is 7.11 Å². The van der Waals surface area contributed by atoms with E-state index in [1.807, 2.05) is 25.1 Å². The van der Waals surface area contributed by atoms with Gasteiger partial charge in [-0.2, -0.15) is 5.21 Å². The first kappa shape index (κ1) is 19.5. The summed E-state index contributed by atoms with van der Waals surface area (Å²) in [6.45, 7) is 1.97. The van der Waals surface area contributed by atoms with Crippen LogP contribution in [0.4, 0.5) is 5.95 Å². The lowest BCUT2D eigenvalue weighted by atomic mass is 9.92. The Morgan fingerprint density at radius 1 is 1.16 bits per heavy atom. The Labute approximate surface area is 182 Å². The summed E-state index contributed by atoms with van der Waals surface area (Å²) in [4.78, 5) is 13.5. The van der Waals surface area contributed by atoms with Gasteiger partial charge in [-0.05, 0) is 78.8 Å². The van der Waals surface area contributed by atoms with Gasteiger partial charge in [0.1, 0.15) is 16.4 Å². The molecule has 0 saturated carbocycles. The summed E-state index contributed by atoms with van der Waals surface area (Å²) >= 11 is 1.36. The van der Waals surface area contributed by atoms with Gasteiger partial charge in [0, 0.05) is 10.1 Å². The number of nitrogens with one attached hydrogen (secondary N) is 2. The topological polar surface area (TPSA) is 102 Å². The Balaban J connectivity index is 1.59. The van der Waals surface area contributed by atoms with E-state index in [9.17, 15) is 4.79 Å². The third-order valence-corrected chi connectivity index (χ3v) is 6.61. The van der Waals surface area contributed by atoms with Gasteiger partial charge in [0.15, 0.2) is 5.75 Å². The van der Waals surface area contributed by atoms with E-state index in [0.717, 1.165) is 34.2 Å². The van der Waals surface area contributed by atoms with Crippen LogP contribution in [0.1, 0.15) is 39.2 Å². The fourth-order valence-electron chi connectivity index (χ4n) is 3.94. The number of carbonyl (C=O) groups is 1. The Kier molecular flexibility index (Phi) is 5.03. The van der Waals surface area contributed by atoms with Crippen LogP contribution in [-0.4, -0.2) is 33.6 Å². The van der Waals surface area contributed by atoms with Crippen molar-refractivity contribution in [2.24, 2.45) is 0 Å². The molecule has 2 aromatic carbocycles. The Morgan fingerprint density at radius 2 is 2.00 bits per heavy atom. The molecule has 1 amide bonds. The van der Waals surface area contributed by atoms with Gasteiger partial charge >= 0.3 is 0 Å². The standard InChI is InChI=1S/C22H21N5O3S/c1-12-9-18-16(11-17(12)29-2)19(20(31-18)21(28)23-22-24-26-27-25-22)30-15-8-7-13-5-3-4-6-14(13)10-15/h7-11H,3-6H2,1-2H3,(H2,23,24,25,26,27,28). The van der Waals surface area contributed by atoms with E-state index < -0.39 is 0 Å². The number of H-pyrrole nitrogens is 1. The van der Waals surface area contributed by atoms with Crippen molar-refractivity contribution in [3.8, 4) is 17.2 Å². The number of thiophene rings is 1. The van der Waals surface area contributed by atoms with Gasteiger partial charge < -0.3 is 9.47 Å². The quantitative estimate of drug-likeness (QED) is 0.473. The van der Waals surface area contributed by atoms with E-state index in [1.165, 1.54) is 35.3 Å². The lowest BCUT2D eigenvalue weighted by molar-refractivity contribution is 0.102. The molecule has 31 heavy (non-hydrogen) atoms. The molecule has 2 heterocycles. The average molecular weight is 436 g/mol. The molecule has 0 atom stereocenters. The maximum absolute atomic E-state index is 13.0. The summed E-state index contributed by atoms with van der Waals surface area (Å²) in [7, 11) is 1.63. The van der Waals surface area contributed by atoms with Crippen molar-refractivity contribution in [1.82, 2.24) is 20.6 Å². The second-order valence-corrected chi connectivity index (χ2v) is 8.56.